The third-order valence-corrected chi connectivity index (χ3v) is 4.82. The summed E-state index contributed by atoms with van der Waals surface area (Å²) in [5.74, 6) is 0. The molecule has 0 amide bonds. The fraction of sp³-hybridized carbons (Fsp3) is 0.625. The minimum absolute atomic E-state index is 0.0898. The highest BCUT2D eigenvalue weighted by molar-refractivity contribution is 7.85. The van der Waals surface area contributed by atoms with Crippen LogP contribution >= 0.6 is 11.6 Å². The van der Waals surface area contributed by atoms with Crippen molar-refractivity contribution < 1.29 is 17.0 Å². The molecular formula is C16H26ClO4SSi. The molecule has 0 aliphatic heterocycles. The molecule has 0 aliphatic carbocycles. The lowest BCUT2D eigenvalue weighted by molar-refractivity contribution is 0.0866. The Morgan fingerprint density at radius 3 is 2.35 bits per heavy atom. The van der Waals surface area contributed by atoms with E-state index in [0.717, 1.165) is 17.4 Å². The van der Waals surface area contributed by atoms with E-state index in [4.69, 9.17) is 20.2 Å². The molecule has 0 aliphatic rings. The van der Waals surface area contributed by atoms with Gasteiger partial charge in [0.1, 0.15) is 0 Å². The Morgan fingerprint density at radius 1 is 1.26 bits per heavy atom. The Morgan fingerprint density at radius 2 is 1.87 bits per heavy atom. The van der Waals surface area contributed by atoms with Crippen LogP contribution in [0.2, 0.25) is 18.1 Å². The van der Waals surface area contributed by atoms with Crippen molar-refractivity contribution in [3.63, 3.8) is 0 Å². The first-order valence-corrected chi connectivity index (χ1v) is 12.1. The SMILES string of the molecule is C[Si](C)OC(c1cc(CCOS(C)(=O)=O)ccc1Cl)C(C)(C)C. The molecule has 131 valence electrons. The summed E-state index contributed by atoms with van der Waals surface area (Å²) in [5, 5.41) is 0.668. The molecule has 0 saturated carbocycles. The van der Waals surface area contributed by atoms with Crippen molar-refractivity contribution in [2.45, 2.75) is 46.4 Å². The van der Waals surface area contributed by atoms with Gasteiger partial charge >= 0.3 is 0 Å². The van der Waals surface area contributed by atoms with Gasteiger partial charge in [0, 0.05) is 5.02 Å². The zero-order valence-electron chi connectivity index (χ0n) is 14.6. The molecule has 1 aromatic rings. The molecular weight excluding hydrogens is 352 g/mol. The number of benzene rings is 1. The van der Waals surface area contributed by atoms with Crippen LogP contribution in [0.4, 0.5) is 0 Å². The number of rotatable bonds is 7. The number of hydrogen-bond acceptors (Lipinski definition) is 4. The van der Waals surface area contributed by atoms with Gasteiger partial charge in [-0.2, -0.15) is 8.42 Å². The van der Waals surface area contributed by atoms with Gasteiger partial charge in [-0.3, -0.25) is 4.18 Å². The Hall–Kier alpha value is -0.403. The van der Waals surface area contributed by atoms with Crippen LogP contribution in [-0.2, 0) is 25.1 Å². The summed E-state index contributed by atoms with van der Waals surface area (Å²) in [7, 11) is -4.31. The van der Waals surface area contributed by atoms with Crippen LogP contribution < -0.4 is 0 Å². The number of halogens is 1. The molecule has 1 atom stereocenters. The third kappa shape index (κ3) is 7.35. The maximum atomic E-state index is 11.0. The van der Waals surface area contributed by atoms with Crippen LogP contribution in [-0.4, -0.2) is 30.3 Å². The molecule has 0 fully saturated rings. The van der Waals surface area contributed by atoms with E-state index >= 15 is 0 Å². The summed E-state index contributed by atoms with van der Waals surface area (Å²) in [6.07, 6.45) is 1.45. The lowest BCUT2D eigenvalue weighted by atomic mass is 9.84. The maximum absolute atomic E-state index is 11.0. The molecule has 7 heteroatoms. The topological polar surface area (TPSA) is 52.6 Å². The highest BCUT2D eigenvalue weighted by Crippen LogP contribution is 2.40. The molecule has 1 unspecified atom stereocenters. The summed E-state index contributed by atoms with van der Waals surface area (Å²) >= 11 is 6.39. The Kier molecular flexibility index (Phi) is 7.28. The molecule has 0 spiro atoms. The second-order valence-electron chi connectivity index (χ2n) is 6.90. The smallest absolute Gasteiger partial charge is 0.264 e. The molecule has 1 rings (SSSR count). The Labute approximate surface area is 147 Å². The van der Waals surface area contributed by atoms with Crippen LogP contribution in [0.5, 0.6) is 0 Å². The van der Waals surface area contributed by atoms with Crippen molar-refractivity contribution in [1.29, 1.82) is 0 Å². The van der Waals surface area contributed by atoms with E-state index in [1.807, 2.05) is 18.2 Å². The van der Waals surface area contributed by atoms with Crippen molar-refractivity contribution in [3.8, 4) is 0 Å². The van der Waals surface area contributed by atoms with Gasteiger partial charge in [-0.15, -0.1) is 0 Å². The van der Waals surface area contributed by atoms with E-state index in [-0.39, 0.29) is 18.1 Å². The quantitative estimate of drug-likeness (QED) is 0.527. The van der Waals surface area contributed by atoms with E-state index in [1.54, 1.807) is 0 Å². The maximum Gasteiger partial charge on any atom is 0.264 e. The highest BCUT2D eigenvalue weighted by atomic mass is 35.5. The zero-order valence-corrected chi connectivity index (χ0v) is 17.2. The van der Waals surface area contributed by atoms with Gasteiger partial charge in [0.15, 0.2) is 0 Å². The zero-order chi connectivity index (χ0) is 17.8. The van der Waals surface area contributed by atoms with Crippen molar-refractivity contribution in [2.75, 3.05) is 12.9 Å². The Bertz CT molecular complexity index is 623. The van der Waals surface area contributed by atoms with Crippen LogP contribution in [0, 0.1) is 5.41 Å². The van der Waals surface area contributed by atoms with E-state index in [0.29, 0.717) is 11.4 Å². The van der Waals surface area contributed by atoms with Gasteiger partial charge in [-0.25, -0.2) is 0 Å². The molecule has 1 aromatic carbocycles. The van der Waals surface area contributed by atoms with Crippen LogP contribution in [0.1, 0.15) is 38.0 Å². The summed E-state index contributed by atoms with van der Waals surface area (Å²) in [5.41, 5.74) is 1.84. The molecule has 0 aromatic heterocycles. The lowest BCUT2D eigenvalue weighted by Gasteiger charge is -2.33. The second kappa shape index (κ2) is 8.12. The second-order valence-corrected chi connectivity index (χ2v) is 11.0. The first-order chi connectivity index (χ1) is 10.4. The van der Waals surface area contributed by atoms with Crippen molar-refractivity contribution in [3.05, 3.63) is 34.3 Å². The predicted octanol–water partition coefficient (Wildman–Crippen LogP) is 4.21. The predicted molar refractivity (Wildman–Crippen MR) is 96.7 cm³/mol. The van der Waals surface area contributed by atoms with E-state index in [2.05, 4.69) is 33.9 Å². The van der Waals surface area contributed by atoms with Gasteiger partial charge in [0.2, 0.25) is 9.04 Å². The van der Waals surface area contributed by atoms with Crippen LogP contribution in [0.3, 0.4) is 0 Å². The van der Waals surface area contributed by atoms with Gasteiger partial charge in [0.25, 0.3) is 10.1 Å². The molecule has 0 saturated heterocycles. The van der Waals surface area contributed by atoms with Gasteiger partial charge in [0.05, 0.1) is 19.0 Å². The minimum Gasteiger partial charge on any atom is -0.410 e. The highest BCUT2D eigenvalue weighted by Gasteiger charge is 2.30. The molecule has 0 N–H and O–H groups in total. The van der Waals surface area contributed by atoms with Crippen molar-refractivity contribution in [1.82, 2.24) is 0 Å². The summed E-state index contributed by atoms with van der Waals surface area (Å²) in [6.45, 7) is 10.7. The molecule has 4 nitrogen and oxygen atoms in total. The van der Waals surface area contributed by atoms with E-state index in [1.165, 1.54) is 0 Å². The lowest BCUT2D eigenvalue weighted by Crippen LogP contribution is -2.26. The van der Waals surface area contributed by atoms with Gasteiger partial charge in [-0.1, -0.05) is 44.5 Å². The minimum atomic E-state index is -3.41. The largest absolute Gasteiger partial charge is 0.410 e. The summed E-state index contributed by atoms with van der Waals surface area (Å²) in [6, 6.07) is 5.72. The molecule has 23 heavy (non-hydrogen) atoms. The summed E-state index contributed by atoms with van der Waals surface area (Å²) in [4.78, 5) is 0. The number of hydrogen-bond donors (Lipinski definition) is 0. The van der Waals surface area contributed by atoms with Crippen LogP contribution in [0.25, 0.3) is 0 Å². The third-order valence-electron chi connectivity index (χ3n) is 3.17. The first-order valence-electron chi connectivity index (χ1n) is 7.49. The van der Waals surface area contributed by atoms with E-state index in [9.17, 15) is 8.42 Å². The fourth-order valence-corrected chi connectivity index (χ4v) is 3.76. The average Bonchev–Trinajstić information content (AvgIpc) is 2.35. The van der Waals surface area contributed by atoms with Gasteiger partial charge in [-0.05, 0) is 42.1 Å². The standard InChI is InChI=1S/C16H26ClO4SSi/c1-16(2,3)15(21-23(5)6)13-11-12(7-8-14(13)17)9-10-20-22(4,18)19/h7-8,11,15H,9-10H2,1-6H3. The van der Waals surface area contributed by atoms with Crippen molar-refractivity contribution in [2.24, 2.45) is 5.41 Å². The average molecular weight is 378 g/mol. The fourth-order valence-electron chi connectivity index (χ4n) is 2.20. The molecule has 0 bridgehead atoms. The molecule has 1 radical (unpaired) electrons. The summed E-state index contributed by atoms with van der Waals surface area (Å²) < 4.78 is 33.1. The van der Waals surface area contributed by atoms with E-state index < -0.39 is 19.2 Å². The monoisotopic (exact) mass is 377 g/mol. The first kappa shape index (κ1) is 20.6. The van der Waals surface area contributed by atoms with Gasteiger partial charge < -0.3 is 4.43 Å². The Balaban J connectivity index is 3.02. The molecule has 0 heterocycles. The van der Waals surface area contributed by atoms with Crippen molar-refractivity contribution >= 4 is 30.8 Å². The van der Waals surface area contributed by atoms with Crippen LogP contribution in [0.15, 0.2) is 18.2 Å². The normalized spacial score (nSPS) is 14.3.